The van der Waals surface area contributed by atoms with Gasteiger partial charge in [-0.2, -0.15) is 0 Å². The molecule has 0 aliphatic heterocycles. The van der Waals surface area contributed by atoms with Gasteiger partial charge in [-0.1, -0.05) is 25.1 Å². The number of carboxylic acids is 1. The highest BCUT2D eigenvalue weighted by Crippen LogP contribution is 2.19. The summed E-state index contributed by atoms with van der Waals surface area (Å²) in [6.45, 7) is 1.63. The molecule has 1 heterocycles. The molecule has 0 aliphatic carbocycles. The Morgan fingerprint density at radius 3 is 2.82 bits per heavy atom. The molecule has 1 unspecified atom stereocenters. The SMILES string of the molecule is CC(Cc1cccc2ccc(=O)oc12)C(=O)O. The van der Waals surface area contributed by atoms with Crippen LogP contribution in [-0.2, 0) is 11.2 Å². The lowest BCUT2D eigenvalue weighted by molar-refractivity contribution is -0.141. The molecule has 2 rings (SSSR count). The third-order valence-electron chi connectivity index (χ3n) is 2.68. The molecule has 2 aromatic rings. The number of para-hydroxylation sites is 1. The lowest BCUT2D eigenvalue weighted by Crippen LogP contribution is -2.12. The van der Waals surface area contributed by atoms with Gasteiger partial charge in [-0.15, -0.1) is 0 Å². The third kappa shape index (κ3) is 2.36. The molecule has 1 N–H and O–H groups in total. The van der Waals surface area contributed by atoms with Crippen LogP contribution in [0.2, 0.25) is 0 Å². The third-order valence-corrected chi connectivity index (χ3v) is 2.68. The van der Waals surface area contributed by atoms with E-state index in [1.165, 1.54) is 6.07 Å². The van der Waals surface area contributed by atoms with E-state index >= 15 is 0 Å². The molecule has 1 aromatic carbocycles. The van der Waals surface area contributed by atoms with Gasteiger partial charge in [0.1, 0.15) is 5.58 Å². The van der Waals surface area contributed by atoms with E-state index in [0.717, 1.165) is 10.9 Å². The fourth-order valence-electron chi connectivity index (χ4n) is 1.73. The van der Waals surface area contributed by atoms with Gasteiger partial charge < -0.3 is 9.52 Å². The van der Waals surface area contributed by atoms with Crippen LogP contribution in [0, 0.1) is 5.92 Å². The first-order chi connectivity index (χ1) is 8.08. The smallest absolute Gasteiger partial charge is 0.336 e. The summed E-state index contributed by atoms with van der Waals surface area (Å²) in [4.78, 5) is 22.0. The van der Waals surface area contributed by atoms with Crippen molar-refractivity contribution < 1.29 is 14.3 Å². The average molecular weight is 232 g/mol. The van der Waals surface area contributed by atoms with Crippen LogP contribution in [0.3, 0.4) is 0 Å². The second-order valence-electron chi connectivity index (χ2n) is 4.03. The number of carbonyl (C=O) groups is 1. The summed E-state index contributed by atoms with van der Waals surface area (Å²) < 4.78 is 5.12. The van der Waals surface area contributed by atoms with Gasteiger partial charge in [-0.3, -0.25) is 4.79 Å². The molecule has 4 nitrogen and oxygen atoms in total. The number of hydrogen-bond acceptors (Lipinski definition) is 3. The second kappa shape index (κ2) is 4.41. The Balaban J connectivity index is 2.50. The first kappa shape index (κ1) is 11.4. The van der Waals surface area contributed by atoms with E-state index in [1.54, 1.807) is 19.1 Å². The standard InChI is InChI=1S/C13H12O4/c1-8(13(15)16)7-10-4-2-3-9-5-6-11(14)17-12(9)10/h2-6,8H,7H2,1H3,(H,15,16). The lowest BCUT2D eigenvalue weighted by Gasteiger charge is -2.07. The van der Waals surface area contributed by atoms with Crippen LogP contribution in [0.4, 0.5) is 0 Å². The van der Waals surface area contributed by atoms with Crippen molar-refractivity contribution in [2.24, 2.45) is 5.92 Å². The topological polar surface area (TPSA) is 67.5 Å². The first-order valence-electron chi connectivity index (χ1n) is 5.32. The van der Waals surface area contributed by atoms with Crippen LogP contribution in [-0.4, -0.2) is 11.1 Å². The van der Waals surface area contributed by atoms with Crippen molar-refractivity contribution in [2.75, 3.05) is 0 Å². The predicted molar refractivity (Wildman–Crippen MR) is 63.0 cm³/mol. The fourth-order valence-corrected chi connectivity index (χ4v) is 1.73. The van der Waals surface area contributed by atoms with Gasteiger partial charge in [-0.25, -0.2) is 4.79 Å². The Morgan fingerprint density at radius 1 is 1.35 bits per heavy atom. The predicted octanol–water partition coefficient (Wildman–Crippen LogP) is 2.06. The van der Waals surface area contributed by atoms with E-state index in [9.17, 15) is 9.59 Å². The highest BCUT2D eigenvalue weighted by atomic mass is 16.4. The molecule has 0 radical (unpaired) electrons. The number of benzene rings is 1. The molecule has 17 heavy (non-hydrogen) atoms. The van der Waals surface area contributed by atoms with Crippen molar-refractivity contribution in [1.29, 1.82) is 0 Å². The molecule has 88 valence electrons. The van der Waals surface area contributed by atoms with E-state index in [2.05, 4.69) is 0 Å². The molecular formula is C13H12O4. The maximum absolute atomic E-state index is 11.2. The van der Waals surface area contributed by atoms with Gasteiger partial charge in [0.15, 0.2) is 0 Å². The van der Waals surface area contributed by atoms with E-state index in [-0.39, 0.29) is 0 Å². The van der Waals surface area contributed by atoms with Crippen LogP contribution >= 0.6 is 0 Å². The highest BCUT2D eigenvalue weighted by molar-refractivity contribution is 5.80. The summed E-state index contributed by atoms with van der Waals surface area (Å²) in [5.74, 6) is -1.37. The Morgan fingerprint density at radius 2 is 2.12 bits per heavy atom. The number of fused-ring (bicyclic) bond motifs is 1. The van der Waals surface area contributed by atoms with E-state index in [4.69, 9.17) is 9.52 Å². The molecule has 0 amide bonds. The van der Waals surface area contributed by atoms with Crippen molar-refractivity contribution in [1.82, 2.24) is 0 Å². The zero-order valence-electron chi connectivity index (χ0n) is 9.34. The molecule has 0 aliphatic rings. The van der Waals surface area contributed by atoms with Gasteiger partial charge in [0.2, 0.25) is 0 Å². The second-order valence-corrected chi connectivity index (χ2v) is 4.03. The quantitative estimate of drug-likeness (QED) is 0.822. The number of rotatable bonds is 3. The van der Waals surface area contributed by atoms with E-state index in [0.29, 0.717) is 12.0 Å². The molecule has 1 atom stereocenters. The van der Waals surface area contributed by atoms with E-state index in [1.807, 2.05) is 12.1 Å². The van der Waals surface area contributed by atoms with Crippen molar-refractivity contribution >= 4 is 16.9 Å². The summed E-state index contributed by atoms with van der Waals surface area (Å²) in [6, 6.07) is 8.47. The largest absolute Gasteiger partial charge is 0.481 e. The van der Waals surface area contributed by atoms with Gasteiger partial charge in [0.25, 0.3) is 0 Å². The van der Waals surface area contributed by atoms with Crippen LogP contribution in [0.5, 0.6) is 0 Å². The average Bonchev–Trinajstić information content (AvgIpc) is 2.29. The lowest BCUT2D eigenvalue weighted by atomic mass is 9.99. The van der Waals surface area contributed by atoms with Crippen LogP contribution in [0.1, 0.15) is 12.5 Å². The van der Waals surface area contributed by atoms with Crippen molar-refractivity contribution in [2.45, 2.75) is 13.3 Å². The first-order valence-corrected chi connectivity index (χ1v) is 5.32. The van der Waals surface area contributed by atoms with Gasteiger partial charge >= 0.3 is 11.6 Å². The van der Waals surface area contributed by atoms with Gasteiger partial charge in [-0.05, 0) is 18.1 Å². The van der Waals surface area contributed by atoms with Crippen molar-refractivity contribution in [3.63, 3.8) is 0 Å². The fraction of sp³-hybridized carbons (Fsp3) is 0.231. The monoisotopic (exact) mass is 232 g/mol. The van der Waals surface area contributed by atoms with E-state index < -0.39 is 17.5 Å². The van der Waals surface area contributed by atoms with Gasteiger partial charge in [0, 0.05) is 11.5 Å². The highest BCUT2D eigenvalue weighted by Gasteiger charge is 2.14. The minimum Gasteiger partial charge on any atom is -0.481 e. The Kier molecular flexibility index (Phi) is 2.95. The minimum absolute atomic E-state index is 0.347. The summed E-state index contributed by atoms with van der Waals surface area (Å²) in [5, 5.41) is 9.68. The van der Waals surface area contributed by atoms with Crippen LogP contribution < -0.4 is 5.63 Å². The Labute approximate surface area is 97.5 Å². The number of aliphatic carboxylic acids is 1. The molecule has 0 fully saturated rings. The molecule has 0 saturated heterocycles. The molecule has 0 bridgehead atoms. The van der Waals surface area contributed by atoms with Crippen molar-refractivity contribution in [3.05, 3.63) is 46.3 Å². The van der Waals surface area contributed by atoms with Crippen molar-refractivity contribution in [3.8, 4) is 0 Å². The van der Waals surface area contributed by atoms with Gasteiger partial charge in [0.05, 0.1) is 5.92 Å². The normalized spacial score (nSPS) is 12.5. The molecular weight excluding hydrogens is 220 g/mol. The van der Waals surface area contributed by atoms with Crippen LogP contribution in [0.15, 0.2) is 39.5 Å². The Hall–Kier alpha value is -2.10. The molecule has 4 heteroatoms. The molecule has 1 aromatic heterocycles. The summed E-state index contributed by atoms with van der Waals surface area (Å²) in [6.07, 6.45) is 0.347. The summed E-state index contributed by atoms with van der Waals surface area (Å²) in [5.41, 5.74) is 0.802. The zero-order valence-corrected chi connectivity index (χ0v) is 9.34. The maximum atomic E-state index is 11.2. The number of hydrogen-bond donors (Lipinski definition) is 1. The summed E-state index contributed by atoms with van der Waals surface area (Å²) in [7, 11) is 0. The number of carboxylic acid groups (broad SMARTS) is 1. The summed E-state index contributed by atoms with van der Waals surface area (Å²) >= 11 is 0. The maximum Gasteiger partial charge on any atom is 0.336 e. The van der Waals surface area contributed by atoms with Crippen LogP contribution in [0.25, 0.3) is 11.0 Å². The molecule has 0 saturated carbocycles. The zero-order chi connectivity index (χ0) is 12.4. The minimum atomic E-state index is -0.861. The molecule has 0 spiro atoms. The Bertz CT molecular complexity index is 612.